The summed E-state index contributed by atoms with van der Waals surface area (Å²) in [4.78, 5) is 11.6. The van der Waals surface area contributed by atoms with Crippen LogP contribution in [0.3, 0.4) is 0 Å². The van der Waals surface area contributed by atoms with Gasteiger partial charge in [-0.15, -0.1) is 0 Å². The molecular weight excluding hydrogens is 312 g/mol. The van der Waals surface area contributed by atoms with Gasteiger partial charge in [-0.2, -0.15) is 0 Å². The Hall–Kier alpha value is -0.350. The summed E-state index contributed by atoms with van der Waals surface area (Å²) in [5.41, 5.74) is 1.60. The van der Waals surface area contributed by atoms with Gasteiger partial charge in [-0.3, -0.25) is 0 Å². The highest BCUT2D eigenvalue weighted by Crippen LogP contribution is 2.26. The summed E-state index contributed by atoms with van der Waals surface area (Å²) in [6.07, 6.45) is 0. The van der Waals surface area contributed by atoms with E-state index < -0.39 is 0 Å². The van der Waals surface area contributed by atoms with Crippen LogP contribution >= 0.6 is 31.9 Å². The number of hydrogen-bond acceptors (Lipinski definition) is 2. The van der Waals surface area contributed by atoms with Gasteiger partial charge in [-0.1, -0.05) is 22.0 Å². The first-order valence-corrected chi connectivity index (χ1v) is 5.79. The lowest BCUT2D eigenvalue weighted by atomic mass is 10.1. The number of hydrogen-bond donors (Lipinski definition) is 0. The lowest BCUT2D eigenvalue weighted by molar-refractivity contribution is 0.0599. The highest BCUT2D eigenvalue weighted by molar-refractivity contribution is 9.10. The number of rotatable bonds is 2. The molecule has 0 saturated heterocycles. The molecule has 0 saturated carbocycles. The van der Waals surface area contributed by atoms with Gasteiger partial charge in [-0.25, -0.2) is 4.79 Å². The third kappa shape index (κ3) is 2.58. The lowest BCUT2D eigenvalue weighted by Gasteiger charge is -2.07. The summed E-state index contributed by atoms with van der Waals surface area (Å²) in [6, 6.07) is 5.62. The molecular formula is C10H10Br2O2. The fourth-order valence-electron chi connectivity index (χ4n) is 1.06. The standard InChI is InChI=1S/C10H10Br2O2/c1-6(11)7-3-4-9(12)8(5-7)10(13)14-2/h3-6H,1-2H3/t6-/m1/s1. The van der Waals surface area contributed by atoms with Crippen molar-refractivity contribution < 1.29 is 9.53 Å². The van der Waals surface area contributed by atoms with Gasteiger partial charge in [0, 0.05) is 9.30 Å². The minimum Gasteiger partial charge on any atom is -0.465 e. The van der Waals surface area contributed by atoms with Crippen molar-refractivity contribution >= 4 is 37.8 Å². The molecule has 0 radical (unpaired) electrons. The molecule has 1 aromatic carbocycles. The lowest BCUT2D eigenvalue weighted by Crippen LogP contribution is -2.03. The number of alkyl halides is 1. The van der Waals surface area contributed by atoms with Crippen LogP contribution in [0.25, 0.3) is 0 Å². The molecule has 0 spiro atoms. The van der Waals surface area contributed by atoms with E-state index in [1.165, 1.54) is 7.11 Å². The van der Waals surface area contributed by atoms with Crippen LogP contribution in [0.4, 0.5) is 0 Å². The Morgan fingerprint density at radius 3 is 2.64 bits per heavy atom. The fourth-order valence-corrected chi connectivity index (χ4v) is 1.75. The normalized spacial score (nSPS) is 12.3. The third-order valence-corrected chi connectivity index (χ3v) is 3.08. The van der Waals surface area contributed by atoms with Crippen LogP contribution in [0.15, 0.2) is 22.7 Å². The summed E-state index contributed by atoms with van der Waals surface area (Å²) in [6.45, 7) is 2.00. The predicted molar refractivity (Wildman–Crippen MR) is 62.8 cm³/mol. The zero-order valence-electron chi connectivity index (χ0n) is 7.88. The number of halogens is 2. The van der Waals surface area contributed by atoms with Crippen molar-refractivity contribution in [2.24, 2.45) is 0 Å². The van der Waals surface area contributed by atoms with E-state index >= 15 is 0 Å². The molecule has 1 atom stereocenters. The maximum absolute atomic E-state index is 11.3. The van der Waals surface area contributed by atoms with E-state index in [0.29, 0.717) is 5.56 Å². The van der Waals surface area contributed by atoms with Gasteiger partial charge in [0.05, 0.1) is 12.7 Å². The molecule has 0 unspecified atom stereocenters. The maximum Gasteiger partial charge on any atom is 0.339 e. The monoisotopic (exact) mass is 320 g/mol. The fraction of sp³-hybridized carbons (Fsp3) is 0.300. The smallest absolute Gasteiger partial charge is 0.339 e. The minimum absolute atomic E-state index is 0.221. The Morgan fingerprint density at radius 2 is 2.14 bits per heavy atom. The molecule has 0 aliphatic carbocycles. The van der Waals surface area contributed by atoms with Crippen molar-refractivity contribution in [2.75, 3.05) is 7.11 Å². The minimum atomic E-state index is -0.327. The highest BCUT2D eigenvalue weighted by atomic mass is 79.9. The van der Waals surface area contributed by atoms with E-state index in [-0.39, 0.29) is 10.8 Å². The first-order chi connectivity index (χ1) is 6.56. The van der Waals surface area contributed by atoms with Gasteiger partial charge in [0.15, 0.2) is 0 Å². The van der Waals surface area contributed by atoms with Crippen LogP contribution in [0.1, 0.15) is 27.7 Å². The van der Waals surface area contributed by atoms with Crippen LogP contribution in [-0.4, -0.2) is 13.1 Å². The Balaban J connectivity index is 3.15. The maximum atomic E-state index is 11.3. The number of benzene rings is 1. The topological polar surface area (TPSA) is 26.3 Å². The second kappa shape index (κ2) is 4.94. The number of carbonyl (C=O) groups excluding carboxylic acids is 1. The van der Waals surface area contributed by atoms with E-state index in [2.05, 4.69) is 36.6 Å². The number of carbonyl (C=O) groups is 1. The molecule has 0 amide bonds. The summed E-state index contributed by atoms with van der Waals surface area (Å²) in [5.74, 6) is -0.327. The Labute approximate surface area is 99.9 Å². The zero-order valence-corrected chi connectivity index (χ0v) is 11.1. The average Bonchev–Trinajstić information content (AvgIpc) is 2.17. The molecule has 0 heterocycles. The molecule has 0 N–H and O–H groups in total. The molecule has 0 aliphatic heterocycles. The van der Waals surface area contributed by atoms with Gasteiger partial charge in [0.25, 0.3) is 0 Å². The van der Waals surface area contributed by atoms with E-state index in [0.717, 1.165) is 10.0 Å². The van der Waals surface area contributed by atoms with Gasteiger partial charge in [0.1, 0.15) is 0 Å². The zero-order chi connectivity index (χ0) is 10.7. The second-order valence-electron chi connectivity index (χ2n) is 2.85. The van der Waals surface area contributed by atoms with Crippen molar-refractivity contribution in [3.05, 3.63) is 33.8 Å². The molecule has 1 rings (SSSR count). The molecule has 0 aromatic heterocycles. The van der Waals surface area contributed by atoms with Gasteiger partial charge in [0.2, 0.25) is 0 Å². The Morgan fingerprint density at radius 1 is 1.50 bits per heavy atom. The van der Waals surface area contributed by atoms with Crippen LogP contribution in [0, 0.1) is 0 Å². The second-order valence-corrected chi connectivity index (χ2v) is 5.07. The van der Waals surface area contributed by atoms with Crippen molar-refractivity contribution in [2.45, 2.75) is 11.8 Å². The molecule has 0 aliphatic rings. The van der Waals surface area contributed by atoms with Crippen molar-refractivity contribution in [3.63, 3.8) is 0 Å². The average molecular weight is 322 g/mol. The molecule has 1 aromatic rings. The molecule has 14 heavy (non-hydrogen) atoms. The first-order valence-electron chi connectivity index (χ1n) is 4.08. The molecule has 2 nitrogen and oxygen atoms in total. The van der Waals surface area contributed by atoms with E-state index in [4.69, 9.17) is 0 Å². The number of ether oxygens (including phenoxy) is 1. The largest absolute Gasteiger partial charge is 0.465 e. The van der Waals surface area contributed by atoms with Crippen LogP contribution in [-0.2, 0) is 4.74 Å². The van der Waals surface area contributed by atoms with Crippen LogP contribution in [0.5, 0.6) is 0 Å². The molecule has 4 heteroatoms. The summed E-state index contributed by atoms with van der Waals surface area (Å²) < 4.78 is 5.42. The van der Waals surface area contributed by atoms with Crippen molar-refractivity contribution in [3.8, 4) is 0 Å². The summed E-state index contributed by atoms with van der Waals surface area (Å²) >= 11 is 6.75. The SMILES string of the molecule is COC(=O)c1cc([C@@H](C)Br)ccc1Br. The predicted octanol–water partition coefficient (Wildman–Crippen LogP) is 3.69. The summed E-state index contributed by atoms with van der Waals surface area (Å²) in [7, 11) is 1.37. The van der Waals surface area contributed by atoms with Gasteiger partial charge >= 0.3 is 5.97 Å². The molecule has 0 fully saturated rings. The summed E-state index contributed by atoms with van der Waals surface area (Å²) in [5, 5.41) is 0. The third-order valence-electron chi connectivity index (χ3n) is 1.86. The number of methoxy groups -OCH3 is 1. The van der Waals surface area contributed by atoms with Crippen molar-refractivity contribution in [1.29, 1.82) is 0 Å². The molecule has 0 bridgehead atoms. The van der Waals surface area contributed by atoms with Crippen LogP contribution < -0.4 is 0 Å². The number of esters is 1. The van der Waals surface area contributed by atoms with Gasteiger partial charge in [-0.05, 0) is 40.5 Å². The quantitative estimate of drug-likeness (QED) is 0.613. The first kappa shape index (κ1) is 11.7. The Kier molecular flexibility index (Phi) is 4.13. The van der Waals surface area contributed by atoms with Crippen molar-refractivity contribution in [1.82, 2.24) is 0 Å². The Bertz CT molecular complexity index is 348. The molecule has 76 valence electrons. The van der Waals surface area contributed by atoms with Gasteiger partial charge < -0.3 is 4.74 Å². The van der Waals surface area contributed by atoms with Crippen LogP contribution in [0.2, 0.25) is 0 Å². The highest BCUT2D eigenvalue weighted by Gasteiger charge is 2.12. The van der Waals surface area contributed by atoms with E-state index in [1.807, 2.05) is 25.1 Å². The van der Waals surface area contributed by atoms with E-state index in [9.17, 15) is 4.79 Å². The van der Waals surface area contributed by atoms with E-state index in [1.54, 1.807) is 0 Å².